The lowest BCUT2D eigenvalue weighted by molar-refractivity contribution is 0.195. The Morgan fingerprint density at radius 3 is 2.71 bits per heavy atom. The van der Waals surface area contributed by atoms with E-state index in [1.54, 1.807) is 7.11 Å². The largest absolute Gasteiger partial charge is 0.497 e. The third-order valence-corrected chi connectivity index (χ3v) is 2.94. The van der Waals surface area contributed by atoms with Crippen LogP contribution < -0.4 is 4.74 Å². The van der Waals surface area contributed by atoms with Gasteiger partial charge in [-0.25, -0.2) is 0 Å². The van der Waals surface area contributed by atoms with Crippen LogP contribution in [0, 0.1) is 5.92 Å². The quantitative estimate of drug-likeness (QED) is 0.742. The molecule has 0 radical (unpaired) electrons. The number of hydrogen-bond donors (Lipinski definition) is 0. The molecule has 1 saturated heterocycles. The number of ether oxygens (including phenoxy) is 2. The lowest BCUT2D eigenvalue weighted by Gasteiger charge is -2.04. The highest BCUT2D eigenvalue weighted by molar-refractivity contribution is 5.55. The Balaban J connectivity index is 2.16. The first-order valence-corrected chi connectivity index (χ1v) is 5.88. The van der Waals surface area contributed by atoms with Gasteiger partial charge < -0.3 is 9.47 Å². The van der Waals surface area contributed by atoms with Crippen molar-refractivity contribution in [3.8, 4) is 5.75 Å². The first-order valence-electron chi connectivity index (χ1n) is 5.88. The van der Waals surface area contributed by atoms with Crippen LogP contribution in [0.25, 0.3) is 6.08 Å². The van der Waals surface area contributed by atoms with Gasteiger partial charge in [0.15, 0.2) is 0 Å². The van der Waals surface area contributed by atoms with E-state index in [0.29, 0.717) is 5.92 Å². The van der Waals surface area contributed by atoms with Gasteiger partial charge in [-0.15, -0.1) is 0 Å². The zero-order chi connectivity index (χ0) is 12.1. The molecule has 1 fully saturated rings. The summed E-state index contributed by atoms with van der Waals surface area (Å²) in [5.74, 6) is 1.32. The summed E-state index contributed by atoms with van der Waals surface area (Å²) in [7, 11) is 1.68. The summed E-state index contributed by atoms with van der Waals surface area (Å²) in [5.41, 5.74) is 2.54. The Bertz CT molecular complexity index is 415. The molecule has 2 nitrogen and oxygen atoms in total. The molecule has 0 bridgehead atoms. The molecular formula is C15H18O2. The lowest BCUT2D eigenvalue weighted by atomic mass is 10.00. The minimum atomic E-state index is 0.433. The Labute approximate surface area is 103 Å². The van der Waals surface area contributed by atoms with Gasteiger partial charge in [-0.3, -0.25) is 0 Å². The highest BCUT2D eigenvalue weighted by atomic mass is 16.5. The van der Waals surface area contributed by atoms with Crippen LogP contribution in [0.1, 0.15) is 12.5 Å². The molecular weight excluding hydrogens is 212 g/mol. The monoisotopic (exact) mass is 230 g/mol. The van der Waals surface area contributed by atoms with E-state index in [0.717, 1.165) is 19.0 Å². The van der Waals surface area contributed by atoms with Gasteiger partial charge in [0.2, 0.25) is 0 Å². The number of benzene rings is 1. The Kier molecular flexibility index (Phi) is 3.99. The summed E-state index contributed by atoms with van der Waals surface area (Å²) in [5, 5.41) is 0. The zero-order valence-electron chi connectivity index (χ0n) is 10.3. The summed E-state index contributed by atoms with van der Waals surface area (Å²) in [6, 6.07) is 8.09. The third-order valence-electron chi connectivity index (χ3n) is 2.94. The molecule has 0 aliphatic carbocycles. The zero-order valence-corrected chi connectivity index (χ0v) is 10.3. The van der Waals surface area contributed by atoms with Gasteiger partial charge in [-0.2, -0.15) is 0 Å². The molecule has 1 aromatic carbocycles. The van der Waals surface area contributed by atoms with E-state index in [1.807, 2.05) is 19.1 Å². The molecule has 17 heavy (non-hydrogen) atoms. The smallest absolute Gasteiger partial charge is 0.118 e. The number of methoxy groups -OCH3 is 1. The molecule has 2 rings (SSSR count). The maximum absolute atomic E-state index is 5.50. The van der Waals surface area contributed by atoms with Gasteiger partial charge >= 0.3 is 0 Å². The fraction of sp³-hybridized carbons (Fsp3) is 0.333. The molecule has 0 aromatic heterocycles. The van der Waals surface area contributed by atoms with Crippen LogP contribution in [-0.2, 0) is 4.74 Å². The van der Waals surface area contributed by atoms with Gasteiger partial charge in [0.1, 0.15) is 5.75 Å². The summed E-state index contributed by atoms with van der Waals surface area (Å²) in [6.07, 6.45) is 6.49. The van der Waals surface area contributed by atoms with Crippen molar-refractivity contribution in [2.45, 2.75) is 6.92 Å². The number of rotatable bonds is 3. The second kappa shape index (κ2) is 5.69. The molecule has 1 heterocycles. The van der Waals surface area contributed by atoms with Crippen molar-refractivity contribution in [3.63, 3.8) is 0 Å². The standard InChI is InChI=1S/C15H18O2/c1-3-4-13-10-17-11-14(13)9-12-5-7-15(16-2)8-6-12/h3-9,13H,10-11H2,1-2H3/b4-3+,14-9+/t13-/m0/s1. The first-order chi connectivity index (χ1) is 8.33. The SMILES string of the molecule is C/C=C/[C@H]1COC/C1=C\c1ccc(OC)cc1. The van der Waals surface area contributed by atoms with Crippen molar-refractivity contribution >= 4 is 6.08 Å². The minimum absolute atomic E-state index is 0.433. The van der Waals surface area contributed by atoms with Crippen LogP contribution in [0.3, 0.4) is 0 Å². The van der Waals surface area contributed by atoms with Crippen molar-refractivity contribution in [2.75, 3.05) is 20.3 Å². The molecule has 0 saturated carbocycles. The van der Waals surface area contributed by atoms with Crippen LogP contribution in [0.15, 0.2) is 42.0 Å². The fourth-order valence-corrected chi connectivity index (χ4v) is 1.99. The summed E-state index contributed by atoms with van der Waals surface area (Å²) in [4.78, 5) is 0. The highest BCUT2D eigenvalue weighted by Gasteiger charge is 2.18. The van der Waals surface area contributed by atoms with Crippen molar-refractivity contribution in [1.82, 2.24) is 0 Å². The highest BCUT2D eigenvalue weighted by Crippen LogP contribution is 2.24. The average molecular weight is 230 g/mol. The van der Waals surface area contributed by atoms with Crippen molar-refractivity contribution in [1.29, 1.82) is 0 Å². The summed E-state index contributed by atoms with van der Waals surface area (Å²) in [6.45, 7) is 3.58. The lowest BCUT2D eigenvalue weighted by Crippen LogP contribution is -1.96. The van der Waals surface area contributed by atoms with Crippen molar-refractivity contribution in [3.05, 3.63) is 47.6 Å². The summed E-state index contributed by atoms with van der Waals surface area (Å²) >= 11 is 0. The van der Waals surface area contributed by atoms with Gasteiger partial charge in [0.25, 0.3) is 0 Å². The fourth-order valence-electron chi connectivity index (χ4n) is 1.99. The van der Waals surface area contributed by atoms with Crippen LogP contribution >= 0.6 is 0 Å². The molecule has 90 valence electrons. The Morgan fingerprint density at radius 2 is 2.06 bits per heavy atom. The van der Waals surface area contributed by atoms with Crippen LogP contribution in [0.5, 0.6) is 5.75 Å². The summed E-state index contributed by atoms with van der Waals surface area (Å²) < 4.78 is 10.6. The van der Waals surface area contributed by atoms with Crippen LogP contribution in [0.4, 0.5) is 0 Å². The van der Waals surface area contributed by atoms with E-state index in [9.17, 15) is 0 Å². The van der Waals surface area contributed by atoms with Gasteiger partial charge in [-0.1, -0.05) is 30.4 Å². The van der Waals surface area contributed by atoms with Gasteiger partial charge in [0.05, 0.1) is 20.3 Å². The normalized spacial score (nSPS) is 22.5. The predicted molar refractivity (Wildman–Crippen MR) is 70.1 cm³/mol. The van der Waals surface area contributed by atoms with Gasteiger partial charge in [-0.05, 0) is 30.2 Å². The van der Waals surface area contributed by atoms with Crippen molar-refractivity contribution in [2.24, 2.45) is 5.92 Å². The molecule has 1 atom stereocenters. The third kappa shape index (κ3) is 2.98. The molecule has 1 aliphatic heterocycles. The molecule has 0 unspecified atom stereocenters. The van der Waals surface area contributed by atoms with E-state index in [4.69, 9.17) is 9.47 Å². The second-order valence-corrected chi connectivity index (χ2v) is 4.14. The van der Waals surface area contributed by atoms with E-state index < -0.39 is 0 Å². The van der Waals surface area contributed by atoms with E-state index in [1.165, 1.54) is 11.1 Å². The predicted octanol–water partition coefficient (Wildman–Crippen LogP) is 3.30. The molecule has 0 amide bonds. The Hall–Kier alpha value is -1.54. The molecule has 0 spiro atoms. The molecule has 1 aromatic rings. The maximum Gasteiger partial charge on any atom is 0.118 e. The second-order valence-electron chi connectivity index (χ2n) is 4.14. The molecule has 1 aliphatic rings. The first kappa shape index (κ1) is 11.9. The van der Waals surface area contributed by atoms with Crippen LogP contribution in [-0.4, -0.2) is 20.3 Å². The van der Waals surface area contributed by atoms with E-state index in [2.05, 4.69) is 30.4 Å². The topological polar surface area (TPSA) is 18.5 Å². The van der Waals surface area contributed by atoms with Crippen molar-refractivity contribution < 1.29 is 9.47 Å². The number of hydrogen-bond acceptors (Lipinski definition) is 2. The molecule has 0 N–H and O–H groups in total. The maximum atomic E-state index is 5.50. The van der Waals surface area contributed by atoms with Gasteiger partial charge in [0, 0.05) is 5.92 Å². The van der Waals surface area contributed by atoms with Crippen LogP contribution in [0.2, 0.25) is 0 Å². The minimum Gasteiger partial charge on any atom is -0.497 e. The van der Waals surface area contributed by atoms with E-state index in [-0.39, 0.29) is 0 Å². The Morgan fingerprint density at radius 1 is 1.29 bits per heavy atom. The average Bonchev–Trinajstić information content (AvgIpc) is 2.78. The molecule has 2 heteroatoms. The van der Waals surface area contributed by atoms with E-state index >= 15 is 0 Å². The number of allylic oxidation sites excluding steroid dienone is 1.